The van der Waals surface area contributed by atoms with Gasteiger partial charge in [-0.2, -0.15) is 5.10 Å². The van der Waals surface area contributed by atoms with Crippen LogP contribution in [0.3, 0.4) is 0 Å². The van der Waals surface area contributed by atoms with Crippen molar-refractivity contribution >= 4 is 32.8 Å². The molecule has 0 fully saturated rings. The molecular formula is C23H24FN7O3S. The molecule has 4 rings (SSSR count). The molecule has 0 aliphatic rings. The summed E-state index contributed by atoms with van der Waals surface area (Å²) >= 11 is 0. The number of nitrogens with one attached hydrogen (secondary N) is 2. The first kappa shape index (κ1) is 24.2. The maximum absolute atomic E-state index is 13.1. The van der Waals surface area contributed by atoms with Gasteiger partial charge in [-0.1, -0.05) is 12.1 Å². The predicted octanol–water partition coefficient (Wildman–Crippen LogP) is 2.26. The van der Waals surface area contributed by atoms with Crippen LogP contribution < -0.4 is 10.6 Å². The zero-order chi connectivity index (χ0) is 25.0. The van der Waals surface area contributed by atoms with Crippen LogP contribution in [-0.4, -0.2) is 59.0 Å². The van der Waals surface area contributed by atoms with Crippen LogP contribution in [0.5, 0.6) is 0 Å². The smallest absolute Gasteiger partial charge is 0.251 e. The monoisotopic (exact) mass is 497 g/mol. The Morgan fingerprint density at radius 1 is 1.06 bits per heavy atom. The van der Waals surface area contributed by atoms with E-state index in [0.717, 1.165) is 15.3 Å². The molecule has 0 aliphatic heterocycles. The number of carbonyl (C=O) groups excluding carboxylic acids is 1. The van der Waals surface area contributed by atoms with Crippen molar-refractivity contribution in [2.75, 3.05) is 26.0 Å². The minimum Gasteiger partial charge on any atom is -0.365 e. The van der Waals surface area contributed by atoms with Crippen molar-refractivity contribution in [3.05, 3.63) is 78.0 Å². The van der Waals surface area contributed by atoms with E-state index < -0.39 is 10.0 Å². The van der Waals surface area contributed by atoms with Gasteiger partial charge in [-0.05, 0) is 42.0 Å². The lowest BCUT2D eigenvalue weighted by atomic mass is 10.2. The lowest BCUT2D eigenvalue weighted by Gasteiger charge is -2.11. The third kappa shape index (κ3) is 5.44. The van der Waals surface area contributed by atoms with Crippen molar-refractivity contribution in [3.8, 4) is 0 Å². The summed E-state index contributed by atoms with van der Waals surface area (Å²) in [5, 5.41) is 11.1. The molecule has 0 bridgehead atoms. The summed E-state index contributed by atoms with van der Waals surface area (Å²) in [6, 6.07) is 12.0. The number of fused-ring (bicyclic) bond motifs is 1. The van der Waals surface area contributed by atoms with Crippen LogP contribution in [0.1, 0.15) is 15.9 Å². The molecule has 2 N–H and O–H groups in total. The van der Waals surface area contributed by atoms with Gasteiger partial charge >= 0.3 is 0 Å². The second-order valence-corrected chi connectivity index (χ2v) is 10.0. The number of carbonyl (C=O) groups is 1. The third-order valence-corrected chi connectivity index (χ3v) is 7.14. The first-order valence-electron chi connectivity index (χ1n) is 10.7. The first-order valence-corrected chi connectivity index (χ1v) is 12.2. The standard InChI is InChI=1S/C23H24FN7O3S/c1-30(2)35(33,34)19-9-5-17(6-10-19)23(32)25-11-12-31-22-20(14-29-31)21(27-15-28-22)26-13-16-3-7-18(24)8-4-16/h3-10,14-15H,11-13H2,1-2H3,(H,25,32)(H,26,27,28). The average Bonchev–Trinajstić information content (AvgIpc) is 3.27. The van der Waals surface area contributed by atoms with Gasteiger partial charge in [0.25, 0.3) is 5.91 Å². The SMILES string of the molecule is CN(C)S(=O)(=O)c1ccc(C(=O)NCCn2ncc3c(NCc4ccc(F)cc4)ncnc32)cc1. The van der Waals surface area contributed by atoms with Crippen LogP contribution >= 0.6 is 0 Å². The molecule has 2 aromatic carbocycles. The molecule has 0 unspecified atom stereocenters. The van der Waals surface area contributed by atoms with Gasteiger partial charge in [-0.15, -0.1) is 0 Å². The molecule has 1 amide bonds. The minimum atomic E-state index is -3.55. The van der Waals surface area contributed by atoms with Crippen molar-refractivity contribution in [2.24, 2.45) is 0 Å². The zero-order valence-electron chi connectivity index (χ0n) is 19.1. The fourth-order valence-electron chi connectivity index (χ4n) is 3.35. The molecule has 2 heterocycles. The van der Waals surface area contributed by atoms with E-state index in [9.17, 15) is 17.6 Å². The highest BCUT2D eigenvalue weighted by molar-refractivity contribution is 7.89. The first-order chi connectivity index (χ1) is 16.8. The maximum Gasteiger partial charge on any atom is 0.251 e. The Bertz CT molecular complexity index is 1440. The fraction of sp³-hybridized carbons (Fsp3) is 0.217. The van der Waals surface area contributed by atoms with Gasteiger partial charge in [0.15, 0.2) is 5.65 Å². The van der Waals surface area contributed by atoms with Crippen LogP contribution in [0.2, 0.25) is 0 Å². The Morgan fingerprint density at radius 3 is 2.46 bits per heavy atom. The number of nitrogens with zero attached hydrogens (tertiary/aromatic N) is 5. The molecule has 12 heteroatoms. The molecule has 0 aliphatic carbocycles. The highest BCUT2D eigenvalue weighted by Crippen LogP contribution is 2.19. The Hall–Kier alpha value is -3.90. The third-order valence-electron chi connectivity index (χ3n) is 5.31. The van der Waals surface area contributed by atoms with Gasteiger partial charge in [0.05, 0.1) is 23.0 Å². The van der Waals surface area contributed by atoms with E-state index in [0.29, 0.717) is 30.1 Å². The van der Waals surface area contributed by atoms with Crippen LogP contribution in [0, 0.1) is 5.82 Å². The molecule has 4 aromatic rings. The van der Waals surface area contributed by atoms with E-state index in [1.807, 2.05) is 0 Å². The average molecular weight is 498 g/mol. The van der Waals surface area contributed by atoms with Gasteiger partial charge in [0.2, 0.25) is 10.0 Å². The van der Waals surface area contributed by atoms with Crippen molar-refractivity contribution in [2.45, 2.75) is 18.0 Å². The lowest BCUT2D eigenvalue weighted by molar-refractivity contribution is 0.0952. The summed E-state index contributed by atoms with van der Waals surface area (Å²) in [7, 11) is -0.657. The number of sulfonamides is 1. The van der Waals surface area contributed by atoms with E-state index in [1.165, 1.54) is 56.8 Å². The number of aromatic nitrogens is 4. The normalized spacial score (nSPS) is 11.7. The molecule has 0 saturated heterocycles. The summed E-state index contributed by atoms with van der Waals surface area (Å²) in [6.07, 6.45) is 3.07. The molecule has 0 spiro atoms. The number of halogens is 1. The molecule has 35 heavy (non-hydrogen) atoms. The molecule has 0 radical (unpaired) electrons. The van der Waals surface area contributed by atoms with Gasteiger partial charge in [-0.25, -0.2) is 31.8 Å². The van der Waals surface area contributed by atoms with E-state index in [4.69, 9.17) is 0 Å². The number of hydrogen-bond donors (Lipinski definition) is 2. The van der Waals surface area contributed by atoms with Crippen molar-refractivity contribution in [1.82, 2.24) is 29.4 Å². The topological polar surface area (TPSA) is 122 Å². The molecule has 0 atom stereocenters. The van der Waals surface area contributed by atoms with Crippen LogP contribution in [0.15, 0.2) is 66.0 Å². The number of hydrogen-bond acceptors (Lipinski definition) is 7. The molecular weight excluding hydrogens is 473 g/mol. The van der Waals surface area contributed by atoms with E-state index in [2.05, 4.69) is 25.7 Å². The quantitative estimate of drug-likeness (QED) is 0.364. The summed E-state index contributed by atoms with van der Waals surface area (Å²) in [5.74, 6) is -0.0188. The molecule has 182 valence electrons. The van der Waals surface area contributed by atoms with E-state index >= 15 is 0 Å². The summed E-state index contributed by atoms with van der Waals surface area (Å²) < 4.78 is 40.2. The van der Waals surface area contributed by atoms with Gasteiger partial charge < -0.3 is 10.6 Å². The number of anilines is 1. The van der Waals surface area contributed by atoms with Crippen LogP contribution in [0.4, 0.5) is 10.2 Å². The van der Waals surface area contributed by atoms with Crippen molar-refractivity contribution < 1.29 is 17.6 Å². The van der Waals surface area contributed by atoms with Crippen molar-refractivity contribution in [1.29, 1.82) is 0 Å². The Balaban J connectivity index is 1.37. The second kappa shape index (κ2) is 10.2. The Morgan fingerprint density at radius 2 is 1.77 bits per heavy atom. The summed E-state index contributed by atoms with van der Waals surface area (Å²) in [5.41, 5.74) is 1.86. The summed E-state index contributed by atoms with van der Waals surface area (Å²) in [6.45, 7) is 1.12. The van der Waals surface area contributed by atoms with Gasteiger partial charge in [0.1, 0.15) is 18.0 Å². The zero-order valence-corrected chi connectivity index (χ0v) is 20.0. The number of amides is 1. The lowest BCUT2D eigenvalue weighted by Crippen LogP contribution is -2.27. The van der Waals surface area contributed by atoms with E-state index in [-0.39, 0.29) is 23.2 Å². The number of rotatable bonds is 9. The number of benzene rings is 2. The highest BCUT2D eigenvalue weighted by Gasteiger charge is 2.17. The van der Waals surface area contributed by atoms with Crippen LogP contribution in [-0.2, 0) is 23.1 Å². The Kier molecular flexibility index (Phi) is 7.03. The summed E-state index contributed by atoms with van der Waals surface area (Å²) in [4.78, 5) is 21.2. The predicted molar refractivity (Wildman–Crippen MR) is 129 cm³/mol. The van der Waals surface area contributed by atoms with Crippen molar-refractivity contribution in [3.63, 3.8) is 0 Å². The fourth-order valence-corrected chi connectivity index (χ4v) is 4.25. The highest BCUT2D eigenvalue weighted by atomic mass is 32.2. The molecule has 2 aromatic heterocycles. The van der Waals surface area contributed by atoms with Gasteiger partial charge in [0, 0.05) is 32.7 Å². The second-order valence-electron chi connectivity index (χ2n) is 7.87. The largest absolute Gasteiger partial charge is 0.365 e. The Labute approximate surface area is 201 Å². The van der Waals surface area contributed by atoms with Crippen LogP contribution in [0.25, 0.3) is 11.0 Å². The minimum absolute atomic E-state index is 0.116. The molecule has 0 saturated carbocycles. The molecule has 10 nitrogen and oxygen atoms in total. The van der Waals surface area contributed by atoms with E-state index in [1.54, 1.807) is 23.0 Å². The van der Waals surface area contributed by atoms with Gasteiger partial charge in [-0.3, -0.25) is 4.79 Å². The maximum atomic E-state index is 13.1.